The Morgan fingerprint density at radius 1 is 1.22 bits per heavy atom. The highest BCUT2D eigenvalue weighted by Crippen LogP contribution is 2.12. The van der Waals surface area contributed by atoms with Crippen LogP contribution in [0.25, 0.3) is 0 Å². The maximum absolute atomic E-state index is 13.6. The molecule has 23 heavy (non-hydrogen) atoms. The third-order valence-electron chi connectivity index (χ3n) is 3.72. The van der Waals surface area contributed by atoms with Crippen LogP contribution >= 0.6 is 0 Å². The highest BCUT2D eigenvalue weighted by atomic mass is 19.1. The van der Waals surface area contributed by atoms with Crippen molar-refractivity contribution in [3.05, 3.63) is 59.7 Å². The Bertz CT molecular complexity index is 656. The number of pyridine rings is 1. The maximum atomic E-state index is 13.6. The number of nitrogens with zero attached hydrogens (tertiary/aromatic N) is 2. The molecule has 0 atom stereocenters. The van der Waals surface area contributed by atoms with Gasteiger partial charge in [-0.05, 0) is 38.0 Å². The third-order valence-corrected chi connectivity index (χ3v) is 3.72. The summed E-state index contributed by atoms with van der Waals surface area (Å²) in [5.41, 5.74) is 1.99. The van der Waals surface area contributed by atoms with Gasteiger partial charge >= 0.3 is 0 Å². The monoisotopic (exact) mass is 315 g/mol. The van der Waals surface area contributed by atoms with E-state index in [0.29, 0.717) is 37.2 Å². The van der Waals surface area contributed by atoms with Gasteiger partial charge in [0.25, 0.3) is 5.91 Å². The predicted octanol–water partition coefficient (Wildman–Crippen LogP) is 3.36. The Morgan fingerprint density at radius 3 is 2.65 bits per heavy atom. The summed E-state index contributed by atoms with van der Waals surface area (Å²) in [7, 11) is 0. The fraction of sp³-hybridized carbons (Fsp3) is 0.333. The molecule has 0 saturated carbocycles. The number of anilines is 1. The van der Waals surface area contributed by atoms with Crippen LogP contribution in [0.2, 0.25) is 0 Å². The number of nitrogens with one attached hydrogen (secondary N) is 1. The Hall–Kier alpha value is -2.43. The highest BCUT2D eigenvalue weighted by Gasteiger charge is 2.13. The lowest BCUT2D eigenvalue weighted by Crippen LogP contribution is -2.30. The predicted molar refractivity (Wildman–Crippen MR) is 90.1 cm³/mol. The Balaban J connectivity index is 1.98. The van der Waals surface area contributed by atoms with Crippen molar-refractivity contribution in [2.45, 2.75) is 20.3 Å². The van der Waals surface area contributed by atoms with Crippen molar-refractivity contribution in [1.82, 2.24) is 9.88 Å². The first-order valence-electron chi connectivity index (χ1n) is 7.87. The summed E-state index contributed by atoms with van der Waals surface area (Å²) in [4.78, 5) is 18.2. The van der Waals surface area contributed by atoms with E-state index in [1.807, 2.05) is 19.9 Å². The molecule has 1 amide bonds. The van der Waals surface area contributed by atoms with E-state index < -0.39 is 0 Å². The zero-order chi connectivity index (χ0) is 16.7. The van der Waals surface area contributed by atoms with Crippen LogP contribution in [-0.2, 0) is 6.42 Å². The number of hydrogen-bond donors (Lipinski definition) is 1. The van der Waals surface area contributed by atoms with Crippen molar-refractivity contribution >= 4 is 11.6 Å². The maximum Gasteiger partial charge on any atom is 0.255 e. The molecule has 0 unspecified atom stereocenters. The van der Waals surface area contributed by atoms with Gasteiger partial charge in [0, 0.05) is 32.0 Å². The van der Waals surface area contributed by atoms with E-state index in [0.717, 1.165) is 5.69 Å². The second-order valence-electron chi connectivity index (χ2n) is 5.21. The van der Waals surface area contributed by atoms with Crippen LogP contribution in [-0.4, -0.2) is 35.4 Å². The van der Waals surface area contributed by atoms with Crippen molar-refractivity contribution in [2.24, 2.45) is 0 Å². The number of amides is 1. The quantitative estimate of drug-likeness (QED) is 0.852. The number of rotatable bonds is 7. The Labute approximate surface area is 136 Å². The Kier molecular flexibility index (Phi) is 6.09. The minimum Gasteiger partial charge on any atom is -0.383 e. The lowest BCUT2D eigenvalue weighted by atomic mass is 10.1. The molecule has 5 heteroatoms. The molecule has 4 nitrogen and oxygen atoms in total. The SMILES string of the molecule is CCN(CC)C(=O)c1cncc(NCCc2ccccc2F)c1. The molecular weight excluding hydrogens is 293 g/mol. The molecule has 0 aliphatic rings. The Morgan fingerprint density at radius 2 is 1.96 bits per heavy atom. The molecule has 0 spiro atoms. The molecule has 122 valence electrons. The van der Waals surface area contributed by atoms with E-state index in [4.69, 9.17) is 0 Å². The number of hydrogen-bond acceptors (Lipinski definition) is 3. The molecule has 0 aliphatic heterocycles. The first-order valence-corrected chi connectivity index (χ1v) is 7.87. The summed E-state index contributed by atoms with van der Waals surface area (Å²) in [5.74, 6) is -0.224. The molecule has 2 aromatic rings. The summed E-state index contributed by atoms with van der Waals surface area (Å²) in [5, 5.41) is 3.19. The number of aromatic nitrogens is 1. The van der Waals surface area contributed by atoms with Gasteiger partial charge in [0.2, 0.25) is 0 Å². The summed E-state index contributed by atoms with van der Waals surface area (Å²) in [6.07, 6.45) is 3.81. The average Bonchev–Trinajstić information content (AvgIpc) is 2.58. The molecule has 0 saturated heterocycles. The lowest BCUT2D eigenvalue weighted by molar-refractivity contribution is 0.0772. The van der Waals surface area contributed by atoms with E-state index >= 15 is 0 Å². The standard InChI is InChI=1S/C18H22FN3O/c1-3-22(4-2)18(23)15-11-16(13-20-12-15)21-10-9-14-7-5-6-8-17(14)19/h5-8,11-13,21H,3-4,9-10H2,1-2H3. The van der Waals surface area contributed by atoms with Crippen LogP contribution in [0.5, 0.6) is 0 Å². The molecule has 0 aliphatic carbocycles. The van der Waals surface area contributed by atoms with Gasteiger partial charge < -0.3 is 10.2 Å². The van der Waals surface area contributed by atoms with Crippen molar-refractivity contribution in [3.63, 3.8) is 0 Å². The lowest BCUT2D eigenvalue weighted by Gasteiger charge is -2.18. The van der Waals surface area contributed by atoms with E-state index in [2.05, 4.69) is 10.3 Å². The molecule has 2 rings (SSSR count). The second kappa shape index (κ2) is 8.27. The van der Waals surface area contributed by atoms with Gasteiger partial charge in [-0.1, -0.05) is 18.2 Å². The topological polar surface area (TPSA) is 45.2 Å². The molecule has 1 aromatic heterocycles. The van der Waals surface area contributed by atoms with E-state index in [1.54, 1.807) is 35.5 Å². The fourth-order valence-corrected chi connectivity index (χ4v) is 2.39. The normalized spacial score (nSPS) is 10.4. The molecule has 0 bridgehead atoms. The first kappa shape index (κ1) is 16.9. The van der Waals surface area contributed by atoms with Crippen LogP contribution in [0, 0.1) is 5.82 Å². The number of carbonyl (C=O) groups is 1. The van der Waals surface area contributed by atoms with Crippen LogP contribution < -0.4 is 5.32 Å². The number of benzene rings is 1. The van der Waals surface area contributed by atoms with Crippen molar-refractivity contribution in [2.75, 3.05) is 25.0 Å². The van der Waals surface area contributed by atoms with Crippen molar-refractivity contribution < 1.29 is 9.18 Å². The first-order chi connectivity index (χ1) is 11.2. The van der Waals surface area contributed by atoms with E-state index in [-0.39, 0.29) is 11.7 Å². The minimum atomic E-state index is -0.196. The molecule has 1 N–H and O–H groups in total. The van der Waals surface area contributed by atoms with Crippen molar-refractivity contribution in [3.8, 4) is 0 Å². The largest absolute Gasteiger partial charge is 0.383 e. The van der Waals surface area contributed by atoms with E-state index in [1.165, 1.54) is 6.07 Å². The summed E-state index contributed by atoms with van der Waals surface area (Å²) in [6, 6.07) is 8.52. The van der Waals surface area contributed by atoms with Crippen LogP contribution in [0.15, 0.2) is 42.7 Å². The van der Waals surface area contributed by atoms with E-state index in [9.17, 15) is 9.18 Å². The zero-order valence-electron chi connectivity index (χ0n) is 13.6. The van der Waals surface area contributed by atoms with Crippen LogP contribution in [0.4, 0.5) is 10.1 Å². The summed E-state index contributed by atoms with van der Waals surface area (Å²) >= 11 is 0. The number of carbonyl (C=O) groups excluding carboxylic acids is 1. The highest BCUT2D eigenvalue weighted by molar-refractivity contribution is 5.94. The second-order valence-corrected chi connectivity index (χ2v) is 5.21. The fourth-order valence-electron chi connectivity index (χ4n) is 2.39. The summed E-state index contributed by atoms with van der Waals surface area (Å²) < 4.78 is 13.6. The van der Waals surface area contributed by atoms with Crippen molar-refractivity contribution in [1.29, 1.82) is 0 Å². The van der Waals surface area contributed by atoms with Gasteiger partial charge in [0.15, 0.2) is 0 Å². The number of halogens is 1. The smallest absolute Gasteiger partial charge is 0.255 e. The average molecular weight is 315 g/mol. The summed E-state index contributed by atoms with van der Waals surface area (Å²) in [6.45, 7) is 5.81. The van der Waals surface area contributed by atoms with Gasteiger partial charge in [0.05, 0.1) is 11.3 Å². The van der Waals surface area contributed by atoms with Crippen LogP contribution in [0.1, 0.15) is 29.8 Å². The molecule has 1 heterocycles. The zero-order valence-corrected chi connectivity index (χ0v) is 13.6. The van der Waals surface area contributed by atoms with Gasteiger partial charge in [0.1, 0.15) is 5.82 Å². The van der Waals surface area contributed by atoms with Gasteiger partial charge in [-0.25, -0.2) is 4.39 Å². The van der Waals surface area contributed by atoms with Crippen LogP contribution in [0.3, 0.4) is 0 Å². The molecule has 1 aromatic carbocycles. The molecule has 0 fully saturated rings. The third kappa shape index (κ3) is 4.52. The van der Waals surface area contributed by atoms with Gasteiger partial charge in [-0.3, -0.25) is 9.78 Å². The molecular formula is C18H22FN3O. The van der Waals surface area contributed by atoms with Gasteiger partial charge in [-0.15, -0.1) is 0 Å². The minimum absolute atomic E-state index is 0.0275. The molecule has 0 radical (unpaired) electrons. The van der Waals surface area contributed by atoms with Gasteiger partial charge in [-0.2, -0.15) is 0 Å².